The maximum Gasteiger partial charge on any atom is 0.265 e. The number of hydrogen-bond donors (Lipinski definition) is 0. The predicted octanol–water partition coefficient (Wildman–Crippen LogP) is 3.43. The van der Waals surface area contributed by atoms with Crippen LogP contribution in [-0.2, 0) is 0 Å². The summed E-state index contributed by atoms with van der Waals surface area (Å²) in [7, 11) is 0. The molecular formula is C21H21N7OS2. The molecule has 0 spiro atoms. The Hall–Kier alpha value is -3.11. The van der Waals surface area contributed by atoms with Crippen LogP contribution in [0, 0.1) is 13.8 Å². The number of aromatic nitrogens is 5. The summed E-state index contributed by atoms with van der Waals surface area (Å²) in [5, 5.41) is 11.7. The Morgan fingerprint density at radius 2 is 1.81 bits per heavy atom. The van der Waals surface area contributed by atoms with E-state index in [0.29, 0.717) is 13.1 Å². The molecule has 31 heavy (non-hydrogen) atoms. The highest BCUT2D eigenvalue weighted by Gasteiger charge is 2.26. The van der Waals surface area contributed by atoms with Gasteiger partial charge in [-0.2, -0.15) is 0 Å². The molecular weight excluding hydrogens is 430 g/mol. The summed E-state index contributed by atoms with van der Waals surface area (Å²) >= 11 is 3.12. The van der Waals surface area contributed by atoms with Gasteiger partial charge in [0.15, 0.2) is 11.6 Å². The number of thiazole rings is 1. The van der Waals surface area contributed by atoms with Crippen LogP contribution in [0.15, 0.2) is 42.0 Å². The Bertz CT molecular complexity index is 1190. The van der Waals surface area contributed by atoms with Gasteiger partial charge in [-0.3, -0.25) is 9.36 Å². The summed E-state index contributed by atoms with van der Waals surface area (Å²) in [6, 6.07) is 7.96. The van der Waals surface area contributed by atoms with Gasteiger partial charge in [-0.25, -0.2) is 9.97 Å². The Labute approximate surface area is 187 Å². The van der Waals surface area contributed by atoms with E-state index in [9.17, 15) is 4.79 Å². The molecule has 0 N–H and O–H groups in total. The van der Waals surface area contributed by atoms with Crippen molar-refractivity contribution in [1.82, 2.24) is 29.6 Å². The molecule has 1 aliphatic heterocycles. The quantitative estimate of drug-likeness (QED) is 0.473. The van der Waals surface area contributed by atoms with E-state index in [-0.39, 0.29) is 5.91 Å². The number of carbonyl (C=O) groups is 1. The first-order chi connectivity index (χ1) is 15.1. The minimum atomic E-state index is 0.0643. The summed E-state index contributed by atoms with van der Waals surface area (Å²) in [4.78, 5) is 27.8. The molecule has 5 rings (SSSR count). The number of nitrogens with zero attached hydrogens (tertiary/aromatic N) is 7. The zero-order valence-electron chi connectivity index (χ0n) is 17.2. The number of anilines is 1. The Morgan fingerprint density at radius 1 is 1.03 bits per heavy atom. The molecule has 0 aromatic carbocycles. The zero-order chi connectivity index (χ0) is 21.4. The smallest absolute Gasteiger partial charge is 0.265 e. The van der Waals surface area contributed by atoms with Crippen LogP contribution in [0.25, 0.3) is 15.7 Å². The molecule has 4 aromatic rings. The normalized spacial score (nSPS) is 14.3. The van der Waals surface area contributed by atoms with Crippen molar-refractivity contribution in [2.24, 2.45) is 0 Å². The highest BCUT2D eigenvalue weighted by atomic mass is 32.1. The molecule has 1 aliphatic rings. The van der Waals surface area contributed by atoms with Gasteiger partial charge in [-0.15, -0.1) is 32.9 Å². The fourth-order valence-electron chi connectivity index (χ4n) is 3.62. The molecule has 0 saturated carbocycles. The summed E-state index contributed by atoms with van der Waals surface area (Å²) in [6.07, 6.45) is 3.62. The fourth-order valence-corrected chi connectivity index (χ4v) is 5.45. The molecule has 4 aromatic heterocycles. The zero-order valence-corrected chi connectivity index (χ0v) is 18.9. The van der Waals surface area contributed by atoms with E-state index in [0.717, 1.165) is 51.0 Å². The standard InChI is InChI=1S/C21H21N7OS2/c1-14-19(31-20(23-14)16-4-3-13-30-16)21(29)27-11-9-26(10-12-27)17-5-6-18(25-24-17)28-8-7-22-15(28)2/h3-8,13H,9-12H2,1-2H3. The van der Waals surface area contributed by atoms with Crippen LogP contribution in [0.4, 0.5) is 5.82 Å². The topological polar surface area (TPSA) is 80.0 Å². The van der Waals surface area contributed by atoms with Crippen molar-refractivity contribution in [3.63, 3.8) is 0 Å². The number of rotatable bonds is 4. The first-order valence-corrected chi connectivity index (χ1v) is 11.7. The van der Waals surface area contributed by atoms with Crippen molar-refractivity contribution in [3.05, 3.63) is 58.4 Å². The molecule has 158 valence electrons. The van der Waals surface area contributed by atoms with E-state index >= 15 is 0 Å². The summed E-state index contributed by atoms with van der Waals surface area (Å²) in [6.45, 7) is 6.58. The number of imidazole rings is 1. The second-order valence-corrected chi connectivity index (χ2v) is 9.23. The van der Waals surface area contributed by atoms with E-state index in [1.165, 1.54) is 11.3 Å². The monoisotopic (exact) mass is 451 g/mol. The van der Waals surface area contributed by atoms with Crippen LogP contribution >= 0.6 is 22.7 Å². The molecule has 8 nitrogen and oxygen atoms in total. The number of aryl methyl sites for hydroxylation is 2. The maximum absolute atomic E-state index is 13.1. The summed E-state index contributed by atoms with van der Waals surface area (Å²) in [5.74, 6) is 2.50. The first kappa shape index (κ1) is 19.8. The largest absolute Gasteiger partial charge is 0.352 e. The Balaban J connectivity index is 1.24. The lowest BCUT2D eigenvalue weighted by atomic mass is 10.2. The number of carbonyl (C=O) groups excluding carboxylic acids is 1. The third-order valence-corrected chi connectivity index (χ3v) is 7.51. The average molecular weight is 452 g/mol. The van der Waals surface area contributed by atoms with E-state index in [1.54, 1.807) is 17.5 Å². The molecule has 10 heteroatoms. The van der Waals surface area contributed by atoms with E-state index in [1.807, 2.05) is 59.2 Å². The molecule has 0 atom stereocenters. The van der Waals surface area contributed by atoms with Crippen LogP contribution in [-0.4, -0.2) is 61.7 Å². The van der Waals surface area contributed by atoms with Crippen LogP contribution in [0.2, 0.25) is 0 Å². The highest BCUT2D eigenvalue weighted by Crippen LogP contribution is 2.32. The lowest BCUT2D eigenvalue weighted by Crippen LogP contribution is -2.49. The van der Waals surface area contributed by atoms with Crippen LogP contribution in [0.5, 0.6) is 0 Å². The summed E-state index contributed by atoms with van der Waals surface area (Å²) in [5.41, 5.74) is 0.803. The van der Waals surface area contributed by atoms with Gasteiger partial charge in [0.25, 0.3) is 5.91 Å². The van der Waals surface area contributed by atoms with Crippen molar-refractivity contribution in [3.8, 4) is 15.7 Å². The van der Waals surface area contributed by atoms with Gasteiger partial charge in [0.1, 0.15) is 15.7 Å². The third kappa shape index (κ3) is 3.84. The van der Waals surface area contributed by atoms with Crippen LogP contribution in [0.3, 0.4) is 0 Å². The van der Waals surface area contributed by atoms with Gasteiger partial charge in [0.2, 0.25) is 0 Å². The molecule has 1 saturated heterocycles. The van der Waals surface area contributed by atoms with Crippen molar-refractivity contribution in [2.45, 2.75) is 13.8 Å². The van der Waals surface area contributed by atoms with Crippen molar-refractivity contribution < 1.29 is 4.79 Å². The molecule has 0 aliphatic carbocycles. The van der Waals surface area contributed by atoms with Crippen molar-refractivity contribution >= 4 is 34.4 Å². The van der Waals surface area contributed by atoms with E-state index in [4.69, 9.17) is 0 Å². The minimum Gasteiger partial charge on any atom is -0.352 e. The molecule has 5 heterocycles. The highest BCUT2D eigenvalue weighted by molar-refractivity contribution is 7.22. The lowest BCUT2D eigenvalue weighted by molar-refractivity contribution is 0.0750. The minimum absolute atomic E-state index is 0.0643. The van der Waals surface area contributed by atoms with Gasteiger partial charge >= 0.3 is 0 Å². The number of piperazine rings is 1. The number of amides is 1. The van der Waals surface area contributed by atoms with E-state index < -0.39 is 0 Å². The van der Waals surface area contributed by atoms with Gasteiger partial charge in [0, 0.05) is 38.6 Å². The van der Waals surface area contributed by atoms with Crippen molar-refractivity contribution in [1.29, 1.82) is 0 Å². The maximum atomic E-state index is 13.1. The van der Waals surface area contributed by atoms with Gasteiger partial charge in [-0.05, 0) is 37.4 Å². The fraction of sp³-hybridized carbons (Fsp3) is 0.286. The Morgan fingerprint density at radius 3 is 2.45 bits per heavy atom. The molecule has 1 amide bonds. The number of thiophene rings is 1. The van der Waals surface area contributed by atoms with Crippen LogP contribution in [0.1, 0.15) is 21.2 Å². The number of hydrogen-bond acceptors (Lipinski definition) is 8. The SMILES string of the molecule is Cc1nc(-c2cccs2)sc1C(=O)N1CCN(c2ccc(-n3ccnc3C)nn2)CC1. The average Bonchev–Trinajstić information content (AvgIpc) is 3.55. The molecule has 0 unspecified atom stereocenters. The second kappa shape index (κ2) is 8.20. The van der Waals surface area contributed by atoms with Gasteiger partial charge in [0.05, 0.1) is 10.6 Å². The molecule has 0 radical (unpaired) electrons. The first-order valence-electron chi connectivity index (χ1n) is 10.00. The lowest BCUT2D eigenvalue weighted by Gasteiger charge is -2.35. The molecule has 0 bridgehead atoms. The van der Waals surface area contributed by atoms with Gasteiger partial charge < -0.3 is 9.80 Å². The molecule has 1 fully saturated rings. The second-order valence-electron chi connectivity index (χ2n) is 7.28. The van der Waals surface area contributed by atoms with Gasteiger partial charge in [-0.1, -0.05) is 6.07 Å². The van der Waals surface area contributed by atoms with Crippen molar-refractivity contribution in [2.75, 3.05) is 31.1 Å². The third-order valence-electron chi connectivity index (χ3n) is 5.32. The summed E-state index contributed by atoms with van der Waals surface area (Å²) < 4.78 is 1.90. The van der Waals surface area contributed by atoms with E-state index in [2.05, 4.69) is 25.1 Å². The van der Waals surface area contributed by atoms with Crippen LogP contribution < -0.4 is 4.90 Å². The predicted molar refractivity (Wildman–Crippen MR) is 122 cm³/mol. The Kier molecular flexibility index (Phi) is 5.24.